The fraction of sp³-hybridized carbons (Fsp3) is 0.118. The maximum atomic E-state index is 5.79. The zero-order valence-electron chi connectivity index (χ0n) is 12.5. The molecule has 0 N–H and O–H groups in total. The lowest BCUT2D eigenvalue weighted by Gasteiger charge is -2.15. The largest absolute Gasteiger partial charge is 0.497 e. The minimum absolute atomic E-state index is 0.377. The zero-order valence-corrected chi connectivity index (χ0v) is 12.5. The molecule has 3 aromatic rings. The molecule has 0 atom stereocenters. The smallest absolute Gasteiger partial charge is 0.241 e. The number of aromatic nitrogens is 3. The Morgan fingerprint density at radius 3 is 2.52 bits per heavy atom. The first-order valence-electron chi connectivity index (χ1n) is 7.21. The molecule has 0 spiro atoms. The van der Waals surface area contributed by atoms with E-state index in [0.717, 1.165) is 28.3 Å². The molecule has 0 unspecified atom stereocenters. The van der Waals surface area contributed by atoms with Crippen LogP contribution >= 0.6 is 0 Å². The molecule has 1 aliphatic heterocycles. The van der Waals surface area contributed by atoms with Gasteiger partial charge in [0.2, 0.25) is 5.90 Å². The normalized spacial score (nSPS) is 13.0. The van der Waals surface area contributed by atoms with Gasteiger partial charge in [-0.25, -0.2) is 0 Å². The number of nitrogens with zero attached hydrogens (tertiary/aromatic N) is 4. The van der Waals surface area contributed by atoms with Crippen LogP contribution in [-0.4, -0.2) is 28.1 Å². The number of fused-ring (bicyclic) bond motifs is 1. The van der Waals surface area contributed by atoms with E-state index in [-0.39, 0.29) is 0 Å². The predicted molar refractivity (Wildman–Crippen MR) is 85.2 cm³/mol. The molecule has 0 saturated heterocycles. The van der Waals surface area contributed by atoms with Gasteiger partial charge in [-0.1, -0.05) is 30.3 Å². The second kappa shape index (κ2) is 5.57. The second-order valence-electron chi connectivity index (χ2n) is 5.06. The van der Waals surface area contributed by atoms with Gasteiger partial charge in [0.25, 0.3) is 0 Å². The summed E-state index contributed by atoms with van der Waals surface area (Å²) in [6.45, 7) is 0.377. The van der Waals surface area contributed by atoms with Crippen LogP contribution in [0.5, 0.6) is 5.75 Å². The maximum absolute atomic E-state index is 5.79. The number of ether oxygens (including phenoxy) is 2. The number of methoxy groups -OCH3 is 1. The van der Waals surface area contributed by atoms with Crippen LogP contribution < -0.4 is 4.74 Å². The standard InChI is InChI=1S/C17H14N4O2/c1-22-14-9-7-13(8-10-14)17-19-21-15(11-23-17)16(18-20-21)12-5-3-2-4-6-12/h2-10H,11H2,1H3. The summed E-state index contributed by atoms with van der Waals surface area (Å²) in [7, 11) is 1.64. The van der Waals surface area contributed by atoms with Gasteiger partial charge in [0.1, 0.15) is 23.7 Å². The van der Waals surface area contributed by atoms with Gasteiger partial charge in [-0.2, -0.15) is 0 Å². The van der Waals surface area contributed by atoms with Crippen LogP contribution in [0.25, 0.3) is 11.3 Å². The van der Waals surface area contributed by atoms with E-state index in [4.69, 9.17) is 9.47 Å². The van der Waals surface area contributed by atoms with Crippen molar-refractivity contribution in [3.63, 3.8) is 0 Å². The van der Waals surface area contributed by atoms with Crippen molar-refractivity contribution >= 4 is 5.90 Å². The van der Waals surface area contributed by atoms with Crippen LogP contribution in [0.1, 0.15) is 11.3 Å². The van der Waals surface area contributed by atoms with Gasteiger partial charge in [-0.05, 0) is 29.5 Å². The fourth-order valence-electron chi connectivity index (χ4n) is 2.45. The minimum atomic E-state index is 0.377. The Bertz CT molecular complexity index is 854. The first-order chi connectivity index (χ1) is 11.3. The molecular formula is C17H14N4O2. The summed E-state index contributed by atoms with van der Waals surface area (Å²) in [6, 6.07) is 17.4. The van der Waals surface area contributed by atoms with Crippen LogP contribution in [0.3, 0.4) is 0 Å². The molecule has 6 heteroatoms. The number of rotatable bonds is 3. The molecule has 114 valence electrons. The van der Waals surface area contributed by atoms with Crippen molar-refractivity contribution in [1.82, 2.24) is 15.1 Å². The Hall–Kier alpha value is -3.15. The topological polar surface area (TPSA) is 61.5 Å². The third-order valence-electron chi connectivity index (χ3n) is 3.66. The lowest BCUT2D eigenvalue weighted by Crippen LogP contribution is -2.17. The van der Waals surface area contributed by atoms with Crippen LogP contribution in [0.2, 0.25) is 0 Å². The van der Waals surface area contributed by atoms with Crippen molar-refractivity contribution in [1.29, 1.82) is 0 Å². The lowest BCUT2D eigenvalue weighted by molar-refractivity contribution is 0.261. The highest BCUT2D eigenvalue weighted by molar-refractivity contribution is 5.94. The highest BCUT2D eigenvalue weighted by atomic mass is 16.5. The monoisotopic (exact) mass is 306 g/mol. The molecule has 0 fully saturated rings. The van der Waals surface area contributed by atoms with E-state index in [1.54, 1.807) is 7.11 Å². The highest BCUT2D eigenvalue weighted by Crippen LogP contribution is 2.24. The average Bonchev–Trinajstić information content (AvgIpc) is 3.06. The molecule has 0 aliphatic carbocycles. The first kappa shape index (κ1) is 13.5. The molecule has 0 saturated carbocycles. The summed E-state index contributed by atoms with van der Waals surface area (Å²) in [5.74, 6) is 1.31. The zero-order chi connectivity index (χ0) is 15.6. The number of benzene rings is 2. The van der Waals surface area contributed by atoms with E-state index in [9.17, 15) is 0 Å². The Morgan fingerprint density at radius 2 is 1.78 bits per heavy atom. The first-order valence-corrected chi connectivity index (χ1v) is 7.21. The van der Waals surface area contributed by atoms with Crippen molar-refractivity contribution in [3.8, 4) is 17.0 Å². The third kappa shape index (κ3) is 2.44. The quantitative estimate of drug-likeness (QED) is 0.746. The Morgan fingerprint density at radius 1 is 1.00 bits per heavy atom. The number of hydrogen-bond donors (Lipinski definition) is 0. The SMILES string of the molecule is COc1ccc(C2=Nn3nnc(-c4ccccc4)c3CO2)cc1. The molecule has 0 bridgehead atoms. The van der Waals surface area contributed by atoms with E-state index < -0.39 is 0 Å². The maximum Gasteiger partial charge on any atom is 0.241 e. The van der Waals surface area contributed by atoms with Gasteiger partial charge >= 0.3 is 0 Å². The van der Waals surface area contributed by atoms with Gasteiger partial charge < -0.3 is 9.47 Å². The van der Waals surface area contributed by atoms with E-state index in [0.29, 0.717) is 12.5 Å². The molecule has 1 aromatic heterocycles. The summed E-state index contributed by atoms with van der Waals surface area (Å²) in [5.41, 5.74) is 3.50. The Kier molecular flexibility index (Phi) is 3.27. The molecule has 2 aromatic carbocycles. The van der Waals surface area contributed by atoms with Gasteiger partial charge in [0.05, 0.1) is 7.11 Å². The van der Waals surface area contributed by atoms with Crippen LogP contribution in [0, 0.1) is 0 Å². The minimum Gasteiger partial charge on any atom is -0.497 e. The van der Waals surface area contributed by atoms with Gasteiger partial charge in [0, 0.05) is 11.1 Å². The van der Waals surface area contributed by atoms with Crippen molar-refractivity contribution in [2.75, 3.05) is 7.11 Å². The molecule has 6 nitrogen and oxygen atoms in total. The molecule has 23 heavy (non-hydrogen) atoms. The van der Waals surface area contributed by atoms with Crippen molar-refractivity contribution < 1.29 is 9.47 Å². The third-order valence-corrected chi connectivity index (χ3v) is 3.66. The lowest BCUT2D eigenvalue weighted by atomic mass is 10.1. The molecule has 1 aliphatic rings. The fourth-order valence-corrected chi connectivity index (χ4v) is 2.45. The van der Waals surface area contributed by atoms with Gasteiger partial charge in [-0.3, -0.25) is 0 Å². The highest BCUT2D eigenvalue weighted by Gasteiger charge is 2.21. The van der Waals surface area contributed by atoms with Crippen molar-refractivity contribution in [2.24, 2.45) is 5.10 Å². The summed E-state index contributed by atoms with van der Waals surface area (Å²) in [5, 5.41) is 12.8. The molecular weight excluding hydrogens is 292 g/mol. The van der Waals surface area contributed by atoms with E-state index >= 15 is 0 Å². The Balaban J connectivity index is 1.69. The van der Waals surface area contributed by atoms with Crippen LogP contribution in [0.15, 0.2) is 59.7 Å². The van der Waals surface area contributed by atoms with Crippen LogP contribution in [-0.2, 0) is 11.3 Å². The molecule has 2 heterocycles. The molecule has 0 radical (unpaired) electrons. The summed E-state index contributed by atoms with van der Waals surface area (Å²) in [6.07, 6.45) is 0. The van der Waals surface area contributed by atoms with Gasteiger partial charge in [0.15, 0.2) is 0 Å². The van der Waals surface area contributed by atoms with Crippen LogP contribution in [0.4, 0.5) is 0 Å². The van der Waals surface area contributed by atoms with E-state index in [2.05, 4.69) is 15.4 Å². The molecule has 0 amide bonds. The van der Waals surface area contributed by atoms with E-state index in [1.165, 1.54) is 4.79 Å². The Labute approximate surface area is 133 Å². The number of hydrogen-bond acceptors (Lipinski definition) is 5. The van der Waals surface area contributed by atoms with Crippen molar-refractivity contribution in [3.05, 3.63) is 65.9 Å². The summed E-state index contributed by atoms with van der Waals surface area (Å²) in [4.78, 5) is 1.53. The average molecular weight is 306 g/mol. The summed E-state index contributed by atoms with van der Waals surface area (Å²) >= 11 is 0. The second-order valence-corrected chi connectivity index (χ2v) is 5.06. The van der Waals surface area contributed by atoms with Gasteiger partial charge in [-0.15, -0.1) is 15.0 Å². The van der Waals surface area contributed by atoms with Crippen molar-refractivity contribution in [2.45, 2.75) is 6.61 Å². The predicted octanol–water partition coefficient (Wildman–Crippen LogP) is 2.69. The van der Waals surface area contributed by atoms with E-state index in [1.807, 2.05) is 54.6 Å². The summed E-state index contributed by atoms with van der Waals surface area (Å²) < 4.78 is 10.9. The molecule has 4 rings (SSSR count).